The highest BCUT2D eigenvalue weighted by atomic mass is 16.5. The molecule has 1 aliphatic rings. The summed E-state index contributed by atoms with van der Waals surface area (Å²) in [7, 11) is 4.17. The Labute approximate surface area is 206 Å². The summed E-state index contributed by atoms with van der Waals surface area (Å²) in [6.45, 7) is 3.11. The molecule has 6 nitrogen and oxygen atoms in total. The number of aryl methyl sites for hydroxylation is 1. The number of carbonyl (C=O) groups is 2. The number of nitrogens with zero attached hydrogens (tertiary/aromatic N) is 1. The minimum Gasteiger partial charge on any atom is -0.462 e. The standard InChI is InChI=1S/C29H31N3O3/c1-4-35-29(34)22-14-17-24-25(19-22)31-28(33)26(24)27(21-10-6-5-7-11-21)30-23-15-12-20(13-16-23)9-8-18-32(2)3/h5-7,10-17,19,30H,4,8-9,18H2,1-3H3,(H,31,33)/b27-26+. The highest BCUT2D eigenvalue weighted by Crippen LogP contribution is 2.38. The van der Waals surface area contributed by atoms with Gasteiger partial charge in [-0.3, -0.25) is 4.79 Å². The Morgan fingerprint density at radius 1 is 0.971 bits per heavy atom. The quantitative estimate of drug-likeness (QED) is 0.329. The van der Waals surface area contributed by atoms with Crippen LogP contribution in [0.3, 0.4) is 0 Å². The number of carbonyl (C=O) groups excluding carboxylic acids is 2. The average molecular weight is 470 g/mol. The van der Waals surface area contributed by atoms with Gasteiger partial charge in [0.2, 0.25) is 0 Å². The van der Waals surface area contributed by atoms with Crippen molar-refractivity contribution in [1.29, 1.82) is 0 Å². The number of hydrogen-bond acceptors (Lipinski definition) is 5. The molecule has 0 bridgehead atoms. The molecule has 1 aliphatic heterocycles. The lowest BCUT2D eigenvalue weighted by molar-refractivity contribution is -0.110. The molecule has 0 atom stereocenters. The number of rotatable bonds is 9. The Balaban J connectivity index is 1.67. The van der Waals surface area contributed by atoms with E-state index in [0.717, 1.165) is 36.2 Å². The molecule has 0 radical (unpaired) electrons. The average Bonchev–Trinajstić information content (AvgIpc) is 3.18. The predicted molar refractivity (Wildman–Crippen MR) is 141 cm³/mol. The molecule has 0 fully saturated rings. The molecule has 2 N–H and O–H groups in total. The first-order valence-corrected chi connectivity index (χ1v) is 11.9. The number of esters is 1. The second-order valence-electron chi connectivity index (χ2n) is 8.78. The van der Waals surface area contributed by atoms with Gasteiger partial charge in [0.1, 0.15) is 0 Å². The van der Waals surface area contributed by atoms with Crippen LogP contribution in [0, 0.1) is 0 Å². The van der Waals surface area contributed by atoms with Crippen molar-refractivity contribution in [1.82, 2.24) is 4.90 Å². The maximum Gasteiger partial charge on any atom is 0.338 e. The Morgan fingerprint density at radius 3 is 2.40 bits per heavy atom. The zero-order valence-corrected chi connectivity index (χ0v) is 20.4. The SMILES string of the molecule is CCOC(=O)c1ccc2c(c1)NC(=O)/C2=C(/Nc1ccc(CCCN(C)C)cc1)c1ccccc1. The third-order valence-corrected chi connectivity index (χ3v) is 5.88. The predicted octanol–water partition coefficient (Wildman–Crippen LogP) is 5.29. The van der Waals surface area contributed by atoms with Crippen LogP contribution in [-0.4, -0.2) is 44.0 Å². The molecule has 0 spiro atoms. The molecule has 4 rings (SSSR count). The largest absolute Gasteiger partial charge is 0.462 e. The van der Waals surface area contributed by atoms with Gasteiger partial charge in [-0.15, -0.1) is 0 Å². The van der Waals surface area contributed by atoms with Crippen LogP contribution in [0.5, 0.6) is 0 Å². The van der Waals surface area contributed by atoms with Gasteiger partial charge in [-0.05, 0) is 75.8 Å². The normalized spacial score (nSPS) is 13.9. The van der Waals surface area contributed by atoms with Crippen molar-refractivity contribution in [3.8, 4) is 0 Å². The number of ether oxygens (including phenoxy) is 1. The minimum absolute atomic E-state index is 0.215. The monoisotopic (exact) mass is 469 g/mol. The van der Waals surface area contributed by atoms with E-state index in [4.69, 9.17) is 4.74 Å². The van der Waals surface area contributed by atoms with E-state index in [2.05, 4.69) is 41.8 Å². The van der Waals surface area contributed by atoms with E-state index < -0.39 is 5.97 Å². The highest BCUT2D eigenvalue weighted by Gasteiger charge is 2.29. The van der Waals surface area contributed by atoms with E-state index >= 15 is 0 Å². The molecular weight excluding hydrogens is 438 g/mol. The molecular formula is C29H31N3O3. The van der Waals surface area contributed by atoms with Crippen molar-refractivity contribution >= 4 is 34.5 Å². The lowest BCUT2D eigenvalue weighted by Gasteiger charge is -2.15. The summed E-state index contributed by atoms with van der Waals surface area (Å²) in [5.74, 6) is -0.623. The lowest BCUT2D eigenvalue weighted by atomic mass is 9.99. The molecule has 0 saturated carbocycles. The number of nitrogens with one attached hydrogen (secondary N) is 2. The fraction of sp³-hybridized carbons (Fsp3) is 0.241. The van der Waals surface area contributed by atoms with E-state index in [1.807, 2.05) is 42.5 Å². The van der Waals surface area contributed by atoms with Crippen LogP contribution in [0.25, 0.3) is 11.3 Å². The number of hydrogen-bond donors (Lipinski definition) is 2. The second-order valence-corrected chi connectivity index (χ2v) is 8.78. The van der Waals surface area contributed by atoms with Crippen LogP contribution >= 0.6 is 0 Å². The molecule has 0 saturated heterocycles. The Hall–Kier alpha value is -3.90. The van der Waals surface area contributed by atoms with Crippen molar-refractivity contribution < 1.29 is 14.3 Å². The zero-order chi connectivity index (χ0) is 24.8. The second kappa shape index (κ2) is 11.0. The van der Waals surface area contributed by atoms with Crippen LogP contribution in [0.15, 0.2) is 72.8 Å². The first kappa shape index (κ1) is 24.2. The smallest absolute Gasteiger partial charge is 0.338 e. The Bertz CT molecular complexity index is 1230. The van der Waals surface area contributed by atoms with E-state index in [0.29, 0.717) is 29.1 Å². The maximum atomic E-state index is 13.1. The fourth-order valence-corrected chi connectivity index (χ4v) is 4.14. The summed E-state index contributed by atoms with van der Waals surface area (Å²) in [5.41, 5.74) is 6.08. The first-order chi connectivity index (χ1) is 17.0. The summed E-state index contributed by atoms with van der Waals surface area (Å²) in [5, 5.41) is 6.40. The van der Waals surface area contributed by atoms with Gasteiger partial charge in [-0.1, -0.05) is 48.5 Å². The van der Waals surface area contributed by atoms with Crippen LogP contribution in [0.2, 0.25) is 0 Å². The molecule has 6 heteroatoms. The van der Waals surface area contributed by atoms with E-state index in [-0.39, 0.29) is 5.91 Å². The topological polar surface area (TPSA) is 70.7 Å². The van der Waals surface area contributed by atoms with Gasteiger partial charge in [0, 0.05) is 11.3 Å². The van der Waals surface area contributed by atoms with Gasteiger partial charge in [0.25, 0.3) is 5.91 Å². The molecule has 35 heavy (non-hydrogen) atoms. The number of amides is 1. The van der Waals surface area contributed by atoms with Crippen molar-refractivity contribution in [2.24, 2.45) is 0 Å². The van der Waals surface area contributed by atoms with Crippen LogP contribution < -0.4 is 10.6 Å². The van der Waals surface area contributed by atoms with Gasteiger partial charge in [-0.2, -0.15) is 0 Å². The third kappa shape index (κ3) is 5.78. The lowest BCUT2D eigenvalue weighted by Crippen LogP contribution is -2.13. The summed E-state index contributed by atoms with van der Waals surface area (Å²) >= 11 is 0. The van der Waals surface area contributed by atoms with Crippen LogP contribution in [-0.2, 0) is 16.0 Å². The van der Waals surface area contributed by atoms with Gasteiger partial charge in [0.15, 0.2) is 0 Å². The van der Waals surface area contributed by atoms with Gasteiger partial charge >= 0.3 is 5.97 Å². The van der Waals surface area contributed by atoms with Crippen LogP contribution in [0.4, 0.5) is 11.4 Å². The van der Waals surface area contributed by atoms with Gasteiger partial charge < -0.3 is 20.3 Å². The van der Waals surface area contributed by atoms with E-state index in [9.17, 15) is 9.59 Å². The van der Waals surface area contributed by atoms with Gasteiger partial charge in [0.05, 0.1) is 29.1 Å². The summed E-state index contributed by atoms with van der Waals surface area (Å²) < 4.78 is 5.10. The van der Waals surface area contributed by atoms with Crippen molar-refractivity contribution in [2.75, 3.05) is 37.9 Å². The first-order valence-electron chi connectivity index (χ1n) is 11.9. The number of anilines is 2. The molecule has 180 valence electrons. The fourth-order valence-electron chi connectivity index (χ4n) is 4.14. The number of benzene rings is 3. The van der Waals surface area contributed by atoms with Crippen molar-refractivity contribution in [2.45, 2.75) is 19.8 Å². The zero-order valence-electron chi connectivity index (χ0n) is 20.4. The minimum atomic E-state index is -0.408. The molecule has 1 amide bonds. The summed E-state index contributed by atoms with van der Waals surface area (Å²) in [6.07, 6.45) is 2.12. The molecule has 3 aromatic rings. The molecule has 3 aromatic carbocycles. The third-order valence-electron chi connectivity index (χ3n) is 5.88. The molecule has 1 heterocycles. The number of fused-ring (bicyclic) bond motifs is 1. The van der Waals surface area contributed by atoms with Crippen molar-refractivity contribution in [3.63, 3.8) is 0 Å². The molecule has 0 aromatic heterocycles. The van der Waals surface area contributed by atoms with Crippen LogP contribution in [0.1, 0.15) is 40.4 Å². The Morgan fingerprint density at radius 2 is 1.71 bits per heavy atom. The summed E-state index contributed by atoms with van der Waals surface area (Å²) in [6, 6.07) is 23.3. The maximum absolute atomic E-state index is 13.1. The molecule has 0 unspecified atom stereocenters. The van der Waals surface area contributed by atoms with E-state index in [1.54, 1.807) is 25.1 Å². The van der Waals surface area contributed by atoms with Gasteiger partial charge in [-0.25, -0.2) is 4.79 Å². The van der Waals surface area contributed by atoms with Crippen molar-refractivity contribution in [3.05, 3.63) is 95.1 Å². The highest BCUT2D eigenvalue weighted by molar-refractivity contribution is 6.37. The Kier molecular flexibility index (Phi) is 7.63. The summed E-state index contributed by atoms with van der Waals surface area (Å²) in [4.78, 5) is 27.5. The van der Waals surface area contributed by atoms with E-state index in [1.165, 1.54) is 5.56 Å². The molecule has 0 aliphatic carbocycles.